The maximum atomic E-state index is 7.94. The third-order valence-electron chi connectivity index (χ3n) is 0. The molecule has 0 atom stereocenters. The smallest absolute Gasteiger partial charge is 0 e. The van der Waals surface area contributed by atoms with Crippen LogP contribution >= 0.6 is 0 Å². The van der Waals surface area contributed by atoms with Crippen molar-refractivity contribution in [1.29, 1.82) is 0 Å². The average molecular weight is 148 g/mol. The number of rotatable bonds is 0. The molecule has 0 rings (SSSR count). The first-order valence-corrected chi connectivity index (χ1v) is 0.561. The van der Waals surface area contributed by atoms with Gasteiger partial charge in [-0.05, 0) is 0 Å². The Morgan fingerprint density at radius 3 is 1.50 bits per heavy atom. The quantitative estimate of drug-likeness (QED) is 0.335. The summed E-state index contributed by atoms with van der Waals surface area (Å²) in [4.78, 5) is 0. The molecule has 0 aromatic rings. The summed E-state index contributed by atoms with van der Waals surface area (Å²) in [5.74, 6) is 0. The minimum atomic E-state index is 0. The first-order chi connectivity index (χ1) is 1.00. The van der Waals surface area contributed by atoms with Crippen molar-refractivity contribution < 1.29 is 59.3 Å². The fourth-order valence-corrected chi connectivity index (χ4v) is 0. The minimum absolute atomic E-state index is 0. The Kier molecular flexibility index (Phi) is 107. The molecule has 0 bridgehead atoms. The van der Waals surface area contributed by atoms with Crippen molar-refractivity contribution in [3.63, 3.8) is 0 Å². The predicted octanol–water partition coefficient (Wildman–Crippen LogP) is -3.01. The van der Waals surface area contributed by atoms with Gasteiger partial charge >= 0.3 is 38.4 Å². The van der Waals surface area contributed by atoms with Crippen LogP contribution in [0.2, 0.25) is 0 Å². The van der Waals surface area contributed by atoms with Crippen LogP contribution in [0.4, 0.5) is 0 Å². The molecular formula is HCoLiOZn. The monoisotopic (exact) mass is 147 g/mol. The molecule has 0 aliphatic carbocycles. The van der Waals surface area contributed by atoms with Crippen LogP contribution in [0.25, 0.3) is 0 Å². The van der Waals surface area contributed by atoms with Crippen LogP contribution in [-0.4, -0.2) is 0 Å². The molecule has 19 valence electrons. The molecule has 1 nitrogen and oxygen atoms in total. The average Bonchev–Trinajstić information content (AvgIpc) is 1.00. The second kappa shape index (κ2) is 24.1. The summed E-state index contributed by atoms with van der Waals surface area (Å²) >= 11 is 2.31. The zero-order chi connectivity index (χ0) is 2.00. The van der Waals surface area contributed by atoms with E-state index in [1.807, 2.05) is 0 Å². The van der Waals surface area contributed by atoms with E-state index in [1.54, 1.807) is 0 Å². The summed E-state index contributed by atoms with van der Waals surface area (Å²) in [5, 5.41) is 0. The molecule has 0 amide bonds. The van der Waals surface area contributed by atoms with Crippen LogP contribution in [0.3, 0.4) is 0 Å². The molecule has 0 heterocycles. The molecule has 0 spiro atoms. The molecule has 0 saturated heterocycles. The maximum Gasteiger partial charge on any atom is 0 e. The van der Waals surface area contributed by atoms with Crippen LogP contribution in [0, 0.1) is 0 Å². The molecule has 0 aliphatic rings. The molecule has 0 saturated carbocycles. The van der Waals surface area contributed by atoms with Gasteiger partial charge in [-0.1, -0.05) is 0 Å². The van der Waals surface area contributed by atoms with E-state index in [1.165, 1.54) is 0 Å². The van der Waals surface area contributed by atoms with E-state index in [2.05, 4.69) is 15.7 Å². The third kappa shape index (κ3) is 9.66. The van der Waals surface area contributed by atoms with Gasteiger partial charge in [0.2, 0.25) is 0 Å². The number of hydrogen-bond donors (Lipinski definition) is 0. The van der Waals surface area contributed by atoms with Gasteiger partial charge in [-0.2, -0.15) is 0 Å². The van der Waals surface area contributed by atoms with Crippen LogP contribution < -0.4 is 18.9 Å². The molecule has 0 fully saturated rings. The van der Waals surface area contributed by atoms with Gasteiger partial charge in [-0.15, -0.1) is 0 Å². The Morgan fingerprint density at radius 2 is 1.50 bits per heavy atom. The van der Waals surface area contributed by atoms with E-state index in [4.69, 9.17) is 3.87 Å². The van der Waals surface area contributed by atoms with Crippen LogP contribution in [0.5, 0.6) is 0 Å². The molecule has 4 heteroatoms. The van der Waals surface area contributed by atoms with Gasteiger partial charge in [0.1, 0.15) is 0 Å². The van der Waals surface area contributed by atoms with Crippen molar-refractivity contribution in [2.24, 2.45) is 0 Å². The topological polar surface area (TPSA) is 17.1 Å². The van der Waals surface area contributed by atoms with Gasteiger partial charge in [0, 0.05) is 19.5 Å². The van der Waals surface area contributed by atoms with Crippen LogP contribution in [-0.2, 0) is 39.0 Å². The standard InChI is InChI=1S/Co.Li.O.Zn.H/q;+1;;;-1. The Bertz CT molecular complexity index is 11.6. The minimum Gasteiger partial charge on any atom is 0 e. The molecule has 0 aromatic carbocycles. The Labute approximate surface area is 59.1 Å². The Hall–Kier alpha value is 1.53. The summed E-state index contributed by atoms with van der Waals surface area (Å²) in [6, 6.07) is 0. The zero-order valence-corrected chi connectivity index (χ0v) is 6.46. The Balaban J connectivity index is -0.00000000167. The van der Waals surface area contributed by atoms with E-state index in [0.29, 0.717) is 0 Å². The molecule has 0 aromatic heterocycles. The van der Waals surface area contributed by atoms with Gasteiger partial charge in [0.25, 0.3) is 0 Å². The van der Waals surface area contributed by atoms with Gasteiger partial charge < -0.3 is 1.43 Å². The summed E-state index contributed by atoms with van der Waals surface area (Å²) < 4.78 is 7.94. The van der Waals surface area contributed by atoms with Crippen molar-refractivity contribution in [2.75, 3.05) is 0 Å². The van der Waals surface area contributed by atoms with E-state index in [9.17, 15) is 0 Å². The van der Waals surface area contributed by atoms with Gasteiger partial charge in [0.05, 0.1) is 0 Å². The van der Waals surface area contributed by atoms with Crippen molar-refractivity contribution in [3.05, 3.63) is 0 Å². The summed E-state index contributed by atoms with van der Waals surface area (Å²) in [6.45, 7) is 0. The summed E-state index contributed by atoms with van der Waals surface area (Å²) in [5.41, 5.74) is 0. The van der Waals surface area contributed by atoms with E-state index < -0.39 is 0 Å². The largest absolute Gasteiger partial charge is 0 e. The fourth-order valence-electron chi connectivity index (χ4n) is 0. The van der Waals surface area contributed by atoms with E-state index >= 15 is 0 Å². The fraction of sp³-hybridized carbons (Fsp3) is 0. The molecular weight excluding hydrogens is 147 g/mol. The van der Waals surface area contributed by atoms with E-state index in [0.717, 1.165) is 0 Å². The molecule has 0 unspecified atom stereocenters. The SMILES string of the molecule is [H-].[Li+].[O]=[Co].[Zn]. The Morgan fingerprint density at radius 1 is 1.50 bits per heavy atom. The van der Waals surface area contributed by atoms with Crippen LogP contribution in [0.15, 0.2) is 0 Å². The van der Waals surface area contributed by atoms with Gasteiger partial charge in [0.15, 0.2) is 0 Å². The van der Waals surface area contributed by atoms with Gasteiger partial charge in [-0.3, -0.25) is 0 Å². The van der Waals surface area contributed by atoms with Gasteiger partial charge in [-0.25, -0.2) is 0 Å². The van der Waals surface area contributed by atoms with Crippen molar-refractivity contribution in [3.8, 4) is 0 Å². The normalized spacial score (nSPS) is 1.25. The predicted molar refractivity (Wildman–Crippen MR) is 1.80 cm³/mol. The van der Waals surface area contributed by atoms with Crippen molar-refractivity contribution in [1.82, 2.24) is 0 Å². The van der Waals surface area contributed by atoms with Crippen molar-refractivity contribution in [2.45, 2.75) is 0 Å². The first-order valence-electron chi connectivity index (χ1n) is 0.136. The first kappa shape index (κ1) is 17.7. The van der Waals surface area contributed by atoms with Crippen molar-refractivity contribution >= 4 is 0 Å². The third-order valence-corrected chi connectivity index (χ3v) is 0. The summed E-state index contributed by atoms with van der Waals surface area (Å²) in [7, 11) is 0. The second-order valence-corrected chi connectivity index (χ2v) is 0. The zero-order valence-electron chi connectivity index (χ0n) is 3.45. The second-order valence-electron chi connectivity index (χ2n) is 0. The van der Waals surface area contributed by atoms with E-state index in [-0.39, 0.29) is 39.8 Å². The van der Waals surface area contributed by atoms with Crippen LogP contribution in [0.1, 0.15) is 1.43 Å². The molecule has 4 heavy (non-hydrogen) atoms. The number of hydrogen-bond acceptors (Lipinski definition) is 1. The molecule has 0 aliphatic heterocycles. The molecule has 0 N–H and O–H groups in total. The molecule has 0 radical (unpaired) electrons. The maximum absolute atomic E-state index is 7.94. The summed E-state index contributed by atoms with van der Waals surface area (Å²) in [6.07, 6.45) is 0.